The Morgan fingerprint density at radius 1 is 1.32 bits per heavy atom. The number of piperidine rings is 1. The van der Waals surface area contributed by atoms with Gasteiger partial charge in [-0.25, -0.2) is 9.97 Å². The molecule has 6 nitrogen and oxygen atoms in total. The predicted molar refractivity (Wildman–Crippen MR) is 110 cm³/mol. The third kappa shape index (κ3) is 4.95. The number of carbonyl (C=O) groups excluding carboxylic acids is 1. The lowest BCUT2D eigenvalue weighted by molar-refractivity contribution is -0.141. The predicted octanol–water partition coefficient (Wildman–Crippen LogP) is 4.46. The van der Waals surface area contributed by atoms with Crippen molar-refractivity contribution in [2.24, 2.45) is 5.92 Å². The molecule has 10 heteroatoms. The summed E-state index contributed by atoms with van der Waals surface area (Å²) >= 11 is 1.33. The molecule has 3 aromatic rings. The first-order chi connectivity index (χ1) is 14.8. The Labute approximate surface area is 181 Å². The van der Waals surface area contributed by atoms with E-state index in [1.807, 2.05) is 6.92 Å². The van der Waals surface area contributed by atoms with Crippen LogP contribution < -0.4 is 0 Å². The molecule has 4 rings (SSSR count). The van der Waals surface area contributed by atoms with Gasteiger partial charge < -0.3 is 4.90 Å². The molecule has 0 saturated carbocycles. The van der Waals surface area contributed by atoms with E-state index in [0.717, 1.165) is 6.07 Å². The number of carbonyl (C=O) groups is 1. The number of hydrogen-bond donors (Lipinski definition) is 0. The van der Waals surface area contributed by atoms with Gasteiger partial charge in [0.05, 0.1) is 23.0 Å². The molecule has 2 atom stereocenters. The fourth-order valence-corrected chi connectivity index (χ4v) is 4.50. The normalized spacial score (nSPS) is 18.2. The van der Waals surface area contributed by atoms with Crippen molar-refractivity contribution in [3.63, 3.8) is 0 Å². The highest BCUT2D eigenvalue weighted by molar-refractivity contribution is 7.13. The van der Waals surface area contributed by atoms with Crippen LogP contribution in [0.1, 0.15) is 37.2 Å². The van der Waals surface area contributed by atoms with E-state index in [4.69, 9.17) is 0 Å². The highest BCUT2D eigenvalue weighted by Crippen LogP contribution is 2.34. The van der Waals surface area contributed by atoms with Crippen molar-refractivity contribution in [3.05, 3.63) is 53.6 Å². The van der Waals surface area contributed by atoms with Crippen LogP contribution in [0.25, 0.3) is 10.6 Å². The second-order valence-electron chi connectivity index (χ2n) is 7.72. The van der Waals surface area contributed by atoms with Crippen molar-refractivity contribution in [1.29, 1.82) is 0 Å². The standard InChI is InChI=1S/C21H22F3N5OS/c1-14(12-29-9-4-7-25-29)20(30)28-8-2-5-15(13-28)19-26-16(17-6-3-10-31-17)11-18(27-19)21(22,23)24/h3-4,6-7,9-11,14-15H,2,5,8,12-13H2,1H3/t14-,15-/m0/s1. The molecule has 1 aliphatic rings. The van der Waals surface area contributed by atoms with Gasteiger partial charge in [-0.1, -0.05) is 13.0 Å². The first-order valence-corrected chi connectivity index (χ1v) is 11.0. The van der Waals surface area contributed by atoms with Gasteiger partial charge in [-0.05, 0) is 36.4 Å². The second kappa shape index (κ2) is 8.78. The van der Waals surface area contributed by atoms with Crippen LogP contribution in [0.5, 0.6) is 0 Å². The van der Waals surface area contributed by atoms with Crippen LogP contribution in [0, 0.1) is 5.92 Å². The first-order valence-electron chi connectivity index (χ1n) is 10.1. The lowest BCUT2D eigenvalue weighted by Gasteiger charge is -2.34. The highest BCUT2D eigenvalue weighted by atomic mass is 32.1. The maximum Gasteiger partial charge on any atom is 0.433 e. The first kappa shape index (κ1) is 21.5. The lowest BCUT2D eigenvalue weighted by Crippen LogP contribution is -2.43. The fraction of sp³-hybridized carbons (Fsp3) is 0.429. The van der Waals surface area contributed by atoms with Crippen LogP contribution in [-0.2, 0) is 17.5 Å². The molecule has 0 bridgehead atoms. The molecule has 3 aromatic heterocycles. The second-order valence-corrected chi connectivity index (χ2v) is 8.67. The Balaban J connectivity index is 1.56. The smallest absolute Gasteiger partial charge is 0.342 e. The van der Waals surface area contributed by atoms with Crippen molar-refractivity contribution in [2.75, 3.05) is 13.1 Å². The van der Waals surface area contributed by atoms with Crippen molar-refractivity contribution < 1.29 is 18.0 Å². The van der Waals surface area contributed by atoms with E-state index in [9.17, 15) is 18.0 Å². The summed E-state index contributed by atoms with van der Waals surface area (Å²) in [6.45, 7) is 3.18. The quantitative estimate of drug-likeness (QED) is 0.577. The molecule has 1 aliphatic heterocycles. The summed E-state index contributed by atoms with van der Waals surface area (Å²) in [5.41, 5.74) is -0.681. The van der Waals surface area contributed by atoms with Gasteiger partial charge in [-0.3, -0.25) is 9.48 Å². The van der Waals surface area contributed by atoms with Crippen molar-refractivity contribution >= 4 is 17.2 Å². The Kier molecular flexibility index (Phi) is 6.08. The monoisotopic (exact) mass is 449 g/mol. The van der Waals surface area contributed by atoms with Crippen LogP contribution in [0.3, 0.4) is 0 Å². The molecule has 0 N–H and O–H groups in total. The fourth-order valence-electron chi connectivity index (χ4n) is 3.81. The van der Waals surface area contributed by atoms with E-state index in [-0.39, 0.29) is 29.3 Å². The molecule has 0 aromatic carbocycles. The third-order valence-electron chi connectivity index (χ3n) is 5.35. The summed E-state index contributed by atoms with van der Waals surface area (Å²) in [6.07, 6.45) is 0.225. The van der Waals surface area contributed by atoms with E-state index in [1.165, 1.54) is 11.3 Å². The minimum absolute atomic E-state index is 0.0364. The van der Waals surface area contributed by atoms with E-state index in [2.05, 4.69) is 15.1 Å². The van der Waals surface area contributed by atoms with Crippen molar-refractivity contribution in [3.8, 4) is 10.6 Å². The van der Waals surface area contributed by atoms with Gasteiger partial charge in [-0.15, -0.1) is 11.3 Å². The summed E-state index contributed by atoms with van der Waals surface area (Å²) in [5.74, 6) is -0.514. The average Bonchev–Trinajstić information content (AvgIpc) is 3.47. The zero-order chi connectivity index (χ0) is 22.0. The number of amides is 1. The number of hydrogen-bond acceptors (Lipinski definition) is 5. The molecule has 0 spiro atoms. The zero-order valence-electron chi connectivity index (χ0n) is 16.9. The van der Waals surface area contributed by atoms with Gasteiger partial charge >= 0.3 is 6.18 Å². The zero-order valence-corrected chi connectivity index (χ0v) is 17.7. The van der Waals surface area contributed by atoms with Gasteiger partial charge in [0, 0.05) is 31.4 Å². The third-order valence-corrected chi connectivity index (χ3v) is 6.24. The van der Waals surface area contributed by atoms with Gasteiger partial charge in [0.15, 0.2) is 0 Å². The molecule has 164 valence electrons. The molecule has 0 aliphatic carbocycles. The van der Waals surface area contributed by atoms with Gasteiger partial charge in [0.1, 0.15) is 11.5 Å². The number of aromatic nitrogens is 4. The van der Waals surface area contributed by atoms with Crippen molar-refractivity contribution in [2.45, 2.75) is 38.4 Å². The maximum atomic E-state index is 13.5. The Morgan fingerprint density at radius 3 is 2.84 bits per heavy atom. The molecule has 4 heterocycles. The van der Waals surface area contributed by atoms with Crippen LogP contribution in [0.4, 0.5) is 13.2 Å². The summed E-state index contributed by atoms with van der Waals surface area (Å²) in [7, 11) is 0. The van der Waals surface area contributed by atoms with Crippen LogP contribution >= 0.6 is 11.3 Å². The molecule has 1 fully saturated rings. The largest absolute Gasteiger partial charge is 0.433 e. The minimum Gasteiger partial charge on any atom is -0.342 e. The molecular formula is C21H22F3N5OS. The van der Waals surface area contributed by atoms with Crippen molar-refractivity contribution in [1.82, 2.24) is 24.6 Å². The number of likely N-dealkylation sites (tertiary alicyclic amines) is 1. The van der Waals surface area contributed by atoms with E-state index >= 15 is 0 Å². The number of nitrogens with zero attached hydrogens (tertiary/aromatic N) is 5. The van der Waals surface area contributed by atoms with Gasteiger partial charge in [-0.2, -0.15) is 18.3 Å². The Bertz CT molecular complexity index is 1020. The van der Waals surface area contributed by atoms with Crippen LogP contribution in [0.15, 0.2) is 42.0 Å². The molecule has 31 heavy (non-hydrogen) atoms. The minimum atomic E-state index is -4.56. The summed E-state index contributed by atoms with van der Waals surface area (Å²) in [4.78, 5) is 23.6. The summed E-state index contributed by atoms with van der Waals surface area (Å²) in [5, 5.41) is 5.93. The highest BCUT2D eigenvalue weighted by Gasteiger charge is 2.36. The molecule has 0 radical (unpaired) electrons. The lowest BCUT2D eigenvalue weighted by atomic mass is 9.95. The number of rotatable bonds is 5. The topological polar surface area (TPSA) is 63.9 Å². The Hall–Kier alpha value is -2.75. The number of halogens is 3. The van der Waals surface area contributed by atoms with Gasteiger partial charge in [0.25, 0.3) is 0 Å². The summed E-state index contributed by atoms with van der Waals surface area (Å²) < 4.78 is 42.2. The number of thiophene rings is 1. The average molecular weight is 450 g/mol. The molecule has 1 saturated heterocycles. The Morgan fingerprint density at radius 2 is 2.16 bits per heavy atom. The molecule has 1 amide bonds. The number of alkyl halides is 3. The van der Waals surface area contributed by atoms with E-state index in [0.29, 0.717) is 37.4 Å². The van der Waals surface area contributed by atoms with Crippen LogP contribution in [0.2, 0.25) is 0 Å². The SMILES string of the molecule is C[C@@H](Cn1cccn1)C(=O)N1CCC[C@H](c2nc(-c3cccs3)cc(C(F)(F)F)n2)C1. The summed E-state index contributed by atoms with van der Waals surface area (Å²) in [6, 6.07) is 6.30. The van der Waals surface area contributed by atoms with Crippen LogP contribution in [-0.4, -0.2) is 43.6 Å². The maximum absolute atomic E-state index is 13.5. The van der Waals surface area contributed by atoms with Gasteiger partial charge in [0.2, 0.25) is 5.91 Å². The molecular weight excluding hydrogens is 427 g/mol. The molecule has 0 unspecified atom stereocenters. The van der Waals surface area contributed by atoms with E-state index < -0.39 is 11.9 Å². The van der Waals surface area contributed by atoms with E-state index in [1.54, 1.807) is 45.6 Å².